The smallest absolute Gasteiger partial charge is 0.417 e. The Bertz CT molecular complexity index is 3130. The summed E-state index contributed by atoms with van der Waals surface area (Å²) in [6.45, 7) is 6.92. The maximum Gasteiger partial charge on any atom is 0.417 e. The van der Waals surface area contributed by atoms with E-state index in [0.29, 0.717) is 25.7 Å². The van der Waals surface area contributed by atoms with Gasteiger partial charge in [0, 0.05) is 50.9 Å². The number of unbranched alkanes of at least 4 members (excludes halogenated alkanes) is 10. The van der Waals surface area contributed by atoms with Crippen LogP contribution in [-0.4, -0.2) is 24.2 Å². The molecule has 8 nitrogen and oxygen atoms in total. The van der Waals surface area contributed by atoms with Crippen molar-refractivity contribution in [1.82, 2.24) is 19.1 Å². The molecule has 0 fully saturated rings. The first kappa shape index (κ1) is 41.3. The van der Waals surface area contributed by atoms with Gasteiger partial charge in [0.2, 0.25) is 5.88 Å². The normalized spacial score (nSPS) is 13.0. The molecule has 0 unspecified atom stereocenters. The van der Waals surface area contributed by atoms with Crippen LogP contribution in [0.2, 0.25) is 0 Å². The quantitative estimate of drug-likeness (QED) is 0.0644. The van der Waals surface area contributed by atoms with Crippen LogP contribution < -0.4 is 16.7 Å². The summed E-state index contributed by atoms with van der Waals surface area (Å²) in [5.41, 5.74) is -4.84. The van der Waals surface area contributed by atoms with Crippen molar-refractivity contribution in [2.45, 2.75) is 130 Å². The lowest BCUT2D eigenvalue weighted by Crippen LogP contribution is -2.34. The monoisotopic (exact) mass is 832 g/mol. The van der Waals surface area contributed by atoms with E-state index in [0.717, 1.165) is 72.6 Å². The minimum Gasteiger partial charge on any atom is -0.494 e. The summed E-state index contributed by atoms with van der Waals surface area (Å²) in [5, 5.41) is 9.36. The van der Waals surface area contributed by atoms with Crippen molar-refractivity contribution >= 4 is 75.9 Å². The van der Waals surface area contributed by atoms with Crippen LogP contribution >= 0.6 is 0 Å². The highest BCUT2D eigenvalue weighted by atomic mass is 19.4. The van der Waals surface area contributed by atoms with Crippen molar-refractivity contribution in [2.24, 2.45) is 0 Å². The number of benzene rings is 4. The molecule has 8 aromatic rings. The number of aromatic hydroxyl groups is 1. The van der Waals surface area contributed by atoms with Gasteiger partial charge in [-0.25, -0.2) is 4.98 Å². The van der Waals surface area contributed by atoms with Crippen molar-refractivity contribution in [2.75, 3.05) is 0 Å². The third-order valence-corrected chi connectivity index (χ3v) is 12.2. The third-order valence-electron chi connectivity index (χ3n) is 12.2. The second-order valence-electron chi connectivity index (χ2n) is 16.5. The van der Waals surface area contributed by atoms with E-state index in [1.165, 1.54) is 26.0 Å². The fourth-order valence-corrected chi connectivity index (χ4v) is 9.54. The number of pyridine rings is 2. The van der Waals surface area contributed by atoms with Gasteiger partial charge in [0.05, 0.1) is 49.2 Å². The second kappa shape index (κ2) is 15.3. The minimum atomic E-state index is -4.95. The molecule has 0 amide bonds. The predicted octanol–water partition coefficient (Wildman–Crippen LogP) is 12.1. The topological polar surface area (TPSA) is 110 Å². The Morgan fingerprint density at radius 2 is 1.03 bits per heavy atom. The first-order chi connectivity index (χ1) is 28.5. The Balaban J connectivity index is 1.64. The molecule has 4 aromatic heterocycles. The van der Waals surface area contributed by atoms with Gasteiger partial charge in [-0.05, 0) is 62.1 Å². The standard InChI is InChI=1S/C46H46F6N4O4/c1-5-7-9-11-13-15-17-55-41(57)35-31-32-37(39-33(35)29-25(45(47,48)49)19-23(3)21-27(29)53-39)43(59)56(18-16-14-12-10-8-6-2)44(60)38(32)40-34(36(31)42(55)58)30-26(46(50,51)52)20-24(4)22-28(30)54-40/h19-22,53,60H,5-18H2,1-4H3. The molecular formula is C46H46F6N4O4. The summed E-state index contributed by atoms with van der Waals surface area (Å²) >= 11 is 0. The number of rotatable bonds is 14. The number of aromatic nitrogens is 4. The van der Waals surface area contributed by atoms with E-state index in [1.807, 2.05) is 0 Å². The summed E-state index contributed by atoms with van der Waals surface area (Å²) in [6.07, 6.45) is -0.299. The molecule has 0 aliphatic carbocycles. The van der Waals surface area contributed by atoms with Crippen LogP contribution in [0.25, 0.3) is 75.9 Å². The highest BCUT2D eigenvalue weighted by molar-refractivity contribution is 6.44. The summed E-state index contributed by atoms with van der Waals surface area (Å²) in [5.74, 6) is -0.617. The van der Waals surface area contributed by atoms with Crippen molar-refractivity contribution < 1.29 is 31.4 Å². The van der Waals surface area contributed by atoms with Crippen LogP contribution in [-0.2, 0) is 25.4 Å². The van der Waals surface area contributed by atoms with Gasteiger partial charge in [-0.1, -0.05) is 78.1 Å². The average molecular weight is 833 g/mol. The number of nitrogens with zero attached hydrogens (tertiary/aromatic N) is 3. The zero-order chi connectivity index (χ0) is 43.0. The van der Waals surface area contributed by atoms with Gasteiger partial charge >= 0.3 is 12.4 Å². The van der Waals surface area contributed by atoms with Gasteiger partial charge in [-0.2, -0.15) is 26.3 Å². The van der Waals surface area contributed by atoms with E-state index < -0.39 is 56.8 Å². The molecule has 0 saturated carbocycles. The lowest BCUT2D eigenvalue weighted by atomic mass is 9.88. The fraction of sp³-hybridized carbons (Fsp3) is 0.435. The van der Waals surface area contributed by atoms with E-state index in [-0.39, 0.29) is 89.4 Å². The van der Waals surface area contributed by atoms with Crippen LogP contribution in [0, 0.1) is 13.8 Å². The molecule has 0 aliphatic heterocycles. The van der Waals surface area contributed by atoms with Crippen molar-refractivity contribution in [3.8, 4) is 5.88 Å². The summed E-state index contributed by atoms with van der Waals surface area (Å²) in [7, 11) is 0. The molecule has 0 atom stereocenters. The first-order valence-corrected chi connectivity index (χ1v) is 20.9. The Labute approximate surface area is 339 Å². The number of aromatic amines is 1. The largest absolute Gasteiger partial charge is 0.494 e. The van der Waals surface area contributed by atoms with E-state index in [2.05, 4.69) is 23.8 Å². The van der Waals surface area contributed by atoms with E-state index in [4.69, 9.17) is 0 Å². The number of alkyl halides is 6. The third kappa shape index (κ3) is 6.52. The molecule has 4 aromatic carbocycles. The number of halogens is 6. The van der Waals surface area contributed by atoms with Crippen molar-refractivity contribution in [3.63, 3.8) is 0 Å². The number of fused-ring (bicyclic) bond motifs is 10. The molecule has 0 spiro atoms. The fourth-order valence-electron chi connectivity index (χ4n) is 9.54. The molecule has 14 heteroatoms. The summed E-state index contributed by atoms with van der Waals surface area (Å²) < 4.78 is 92.7. The SMILES string of the molecule is CCCCCCCCn1c(O)c2c3nc4cc(C)cc(C(F)(F)F)c4c3c3c(=O)n(CCCCCCCC)c(=O)c4c5c([nH]c6cc(C)cc(C(F)(F)F)c65)c(c1=O)c2c34. The van der Waals surface area contributed by atoms with Gasteiger partial charge in [0.15, 0.2) is 0 Å². The summed E-state index contributed by atoms with van der Waals surface area (Å²) in [6, 6.07) is 4.78. The second-order valence-corrected chi connectivity index (χ2v) is 16.5. The molecule has 0 aliphatic rings. The molecule has 2 N–H and O–H groups in total. The molecule has 8 rings (SSSR count). The highest BCUT2D eigenvalue weighted by Gasteiger charge is 2.39. The number of hydrogen-bond acceptors (Lipinski definition) is 5. The Kier molecular flexibility index (Phi) is 10.5. The highest BCUT2D eigenvalue weighted by Crippen LogP contribution is 2.50. The molecule has 0 saturated heterocycles. The van der Waals surface area contributed by atoms with Crippen LogP contribution in [0.15, 0.2) is 38.6 Å². The predicted molar refractivity (Wildman–Crippen MR) is 226 cm³/mol. The maximum absolute atomic E-state index is 15.1. The lowest BCUT2D eigenvalue weighted by Gasteiger charge is -2.19. The van der Waals surface area contributed by atoms with E-state index in [9.17, 15) is 9.90 Å². The van der Waals surface area contributed by atoms with Gasteiger partial charge in [-0.15, -0.1) is 0 Å². The zero-order valence-corrected chi connectivity index (χ0v) is 34.0. The molecule has 4 heterocycles. The average Bonchev–Trinajstić information content (AvgIpc) is 3.74. The summed E-state index contributed by atoms with van der Waals surface area (Å²) in [4.78, 5) is 52.7. The van der Waals surface area contributed by atoms with Crippen LogP contribution in [0.3, 0.4) is 0 Å². The number of hydrogen-bond donors (Lipinski definition) is 2. The minimum absolute atomic E-state index is 0.0195. The molecule has 60 heavy (non-hydrogen) atoms. The molecular weight excluding hydrogens is 787 g/mol. The maximum atomic E-state index is 15.1. The van der Waals surface area contributed by atoms with Crippen LogP contribution in [0.5, 0.6) is 5.88 Å². The number of aryl methyl sites for hydroxylation is 2. The molecule has 0 radical (unpaired) electrons. The van der Waals surface area contributed by atoms with Gasteiger partial charge in [0.25, 0.3) is 16.7 Å². The van der Waals surface area contributed by atoms with Crippen LogP contribution in [0.1, 0.15) is 113 Å². The van der Waals surface area contributed by atoms with Crippen molar-refractivity contribution in [1.29, 1.82) is 0 Å². The van der Waals surface area contributed by atoms with Crippen molar-refractivity contribution in [3.05, 3.63) is 77.6 Å². The molecule has 0 bridgehead atoms. The van der Waals surface area contributed by atoms with Gasteiger partial charge in [-0.3, -0.25) is 23.5 Å². The molecule has 316 valence electrons. The van der Waals surface area contributed by atoms with Crippen LogP contribution in [0.4, 0.5) is 26.3 Å². The zero-order valence-electron chi connectivity index (χ0n) is 34.0. The van der Waals surface area contributed by atoms with E-state index in [1.54, 1.807) is 0 Å². The van der Waals surface area contributed by atoms with E-state index >= 15 is 35.9 Å². The number of H-pyrrole nitrogens is 1. The van der Waals surface area contributed by atoms with Gasteiger partial charge in [0.1, 0.15) is 0 Å². The first-order valence-electron chi connectivity index (χ1n) is 20.9. The lowest BCUT2D eigenvalue weighted by molar-refractivity contribution is -0.137. The Morgan fingerprint density at radius 1 is 0.550 bits per heavy atom. The Morgan fingerprint density at radius 3 is 1.62 bits per heavy atom. The Hall–Kier alpha value is -5.40. The van der Waals surface area contributed by atoms with Gasteiger partial charge < -0.3 is 10.1 Å². The number of nitrogens with one attached hydrogen (secondary N) is 1.